The highest BCUT2D eigenvalue weighted by atomic mass is 16.5. The van der Waals surface area contributed by atoms with Crippen LogP contribution in [0.2, 0.25) is 0 Å². The van der Waals surface area contributed by atoms with E-state index in [1.807, 2.05) is 17.0 Å². The van der Waals surface area contributed by atoms with Gasteiger partial charge >= 0.3 is 0 Å². The summed E-state index contributed by atoms with van der Waals surface area (Å²) in [6, 6.07) is 7.23. The van der Waals surface area contributed by atoms with Crippen molar-refractivity contribution in [3.63, 3.8) is 0 Å². The molecule has 128 valence electrons. The molecule has 1 unspecified atom stereocenters. The average molecular weight is 328 g/mol. The Bertz CT molecular complexity index is 603. The number of aromatic nitrogens is 1. The summed E-state index contributed by atoms with van der Waals surface area (Å²) in [7, 11) is 0. The molecule has 0 spiro atoms. The Balaban J connectivity index is 1.94. The molecule has 0 aliphatic carbocycles. The number of amides is 1. The summed E-state index contributed by atoms with van der Waals surface area (Å²) in [5.41, 5.74) is 0.352. The van der Waals surface area contributed by atoms with E-state index in [4.69, 9.17) is 10.00 Å². The SMILES string of the molecule is C=CCCC(CN1CCN(C(C)=O)CC1)Oc1cccc(C#N)n1. The van der Waals surface area contributed by atoms with E-state index in [-0.39, 0.29) is 12.0 Å². The normalized spacial score (nSPS) is 16.2. The molecule has 1 fully saturated rings. The average Bonchev–Trinajstić information content (AvgIpc) is 2.60. The van der Waals surface area contributed by atoms with E-state index >= 15 is 0 Å². The zero-order valence-electron chi connectivity index (χ0n) is 14.1. The Kier molecular flexibility index (Phi) is 6.76. The maximum atomic E-state index is 11.4. The van der Waals surface area contributed by atoms with E-state index in [0.717, 1.165) is 45.6 Å². The third-order valence-electron chi connectivity index (χ3n) is 4.10. The molecule has 0 saturated carbocycles. The molecule has 1 saturated heterocycles. The number of hydrogen-bond donors (Lipinski definition) is 0. The molecule has 1 amide bonds. The molecule has 1 aliphatic rings. The summed E-state index contributed by atoms with van der Waals surface area (Å²) in [6.07, 6.45) is 3.56. The third kappa shape index (κ3) is 5.36. The van der Waals surface area contributed by atoms with E-state index in [1.54, 1.807) is 25.1 Å². The molecule has 1 aromatic heterocycles. The summed E-state index contributed by atoms with van der Waals surface area (Å²) in [5, 5.41) is 8.95. The van der Waals surface area contributed by atoms with Crippen LogP contribution in [0.15, 0.2) is 30.9 Å². The van der Waals surface area contributed by atoms with Gasteiger partial charge in [-0.15, -0.1) is 6.58 Å². The number of hydrogen-bond acceptors (Lipinski definition) is 5. The van der Waals surface area contributed by atoms with Crippen LogP contribution in [0.1, 0.15) is 25.5 Å². The van der Waals surface area contributed by atoms with Gasteiger partial charge in [0.05, 0.1) is 0 Å². The van der Waals surface area contributed by atoms with Gasteiger partial charge in [-0.1, -0.05) is 12.1 Å². The van der Waals surface area contributed by atoms with Crippen molar-refractivity contribution in [2.45, 2.75) is 25.9 Å². The topological polar surface area (TPSA) is 69.5 Å². The van der Waals surface area contributed by atoms with Crippen LogP contribution < -0.4 is 4.74 Å². The van der Waals surface area contributed by atoms with E-state index in [2.05, 4.69) is 16.5 Å². The minimum absolute atomic E-state index is 0.0201. The molecule has 0 bridgehead atoms. The van der Waals surface area contributed by atoms with Crippen LogP contribution in [0.4, 0.5) is 0 Å². The van der Waals surface area contributed by atoms with Crippen LogP contribution in [-0.4, -0.2) is 59.5 Å². The number of piperazine rings is 1. The number of carbonyl (C=O) groups excluding carboxylic acids is 1. The fraction of sp³-hybridized carbons (Fsp3) is 0.500. The van der Waals surface area contributed by atoms with Gasteiger partial charge in [-0.05, 0) is 18.9 Å². The van der Waals surface area contributed by atoms with Crippen molar-refractivity contribution >= 4 is 5.91 Å². The summed E-state index contributed by atoms with van der Waals surface area (Å²) >= 11 is 0. The lowest BCUT2D eigenvalue weighted by Gasteiger charge is -2.35. The number of ether oxygens (including phenoxy) is 1. The van der Waals surface area contributed by atoms with Crippen LogP contribution in [0.5, 0.6) is 5.88 Å². The minimum Gasteiger partial charge on any atom is -0.473 e. The Labute approximate surface area is 143 Å². The third-order valence-corrected chi connectivity index (χ3v) is 4.10. The molecule has 1 aromatic rings. The molecule has 0 N–H and O–H groups in total. The van der Waals surface area contributed by atoms with Crippen LogP contribution in [0.25, 0.3) is 0 Å². The van der Waals surface area contributed by atoms with Gasteiger partial charge in [0.15, 0.2) is 0 Å². The summed E-state index contributed by atoms with van der Waals surface area (Å²) in [6.45, 7) is 9.36. The maximum absolute atomic E-state index is 11.4. The first-order chi connectivity index (χ1) is 11.6. The monoisotopic (exact) mass is 328 g/mol. The van der Waals surface area contributed by atoms with Gasteiger partial charge in [-0.2, -0.15) is 5.26 Å². The first-order valence-corrected chi connectivity index (χ1v) is 8.25. The number of nitrogens with zero attached hydrogens (tertiary/aromatic N) is 4. The smallest absolute Gasteiger partial charge is 0.219 e. The lowest BCUT2D eigenvalue weighted by Crippen LogP contribution is -2.50. The van der Waals surface area contributed by atoms with E-state index in [1.165, 1.54) is 0 Å². The maximum Gasteiger partial charge on any atom is 0.219 e. The lowest BCUT2D eigenvalue weighted by molar-refractivity contribution is -0.130. The quantitative estimate of drug-likeness (QED) is 0.714. The second-order valence-corrected chi connectivity index (χ2v) is 5.89. The number of carbonyl (C=O) groups is 1. The standard InChI is InChI=1S/C18H24N4O2/c1-3-4-7-17(24-18-8-5-6-16(13-19)20-18)14-21-9-11-22(12-10-21)15(2)23/h3,5-6,8,17H,1,4,7,9-12,14H2,2H3. The molecule has 2 heterocycles. The first-order valence-electron chi connectivity index (χ1n) is 8.25. The second kappa shape index (κ2) is 9.04. The molecule has 6 heteroatoms. The van der Waals surface area contributed by atoms with Crippen molar-refractivity contribution in [3.05, 3.63) is 36.5 Å². The Morgan fingerprint density at radius 3 is 2.83 bits per heavy atom. The van der Waals surface area contributed by atoms with Gasteiger partial charge in [-0.3, -0.25) is 9.69 Å². The highest BCUT2D eigenvalue weighted by Crippen LogP contribution is 2.14. The fourth-order valence-corrected chi connectivity index (χ4v) is 2.74. The fourth-order valence-electron chi connectivity index (χ4n) is 2.74. The van der Waals surface area contributed by atoms with Gasteiger partial charge in [-0.25, -0.2) is 4.98 Å². The van der Waals surface area contributed by atoms with Gasteiger partial charge in [0.2, 0.25) is 11.8 Å². The number of rotatable bonds is 7. The number of nitriles is 1. The summed E-state index contributed by atoms with van der Waals surface area (Å²) in [5.74, 6) is 0.608. The van der Waals surface area contributed by atoms with Crippen molar-refractivity contribution in [2.24, 2.45) is 0 Å². The minimum atomic E-state index is -0.0201. The van der Waals surface area contributed by atoms with Crippen LogP contribution in [0.3, 0.4) is 0 Å². The van der Waals surface area contributed by atoms with Crippen molar-refractivity contribution in [1.82, 2.24) is 14.8 Å². The zero-order valence-corrected chi connectivity index (χ0v) is 14.1. The predicted octanol–water partition coefficient (Wildman–Crippen LogP) is 1.83. The molecule has 6 nitrogen and oxygen atoms in total. The summed E-state index contributed by atoms with van der Waals surface area (Å²) < 4.78 is 6.00. The predicted molar refractivity (Wildman–Crippen MR) is 91.5 cm³/mol. The Morgan fingerprint density at radius 2 is 2.21 bits per heavy atom. The van der Waals surface area contributed by atoms with Crippen LogP contribution in [-0.2, 0) is 4.79 Å². The molecular formula is C18H24N4O2. The van der Waals surface area contributed by atoms with E-state index in [0.29, 0.717) is 11.6 Å². The molecule has 2 rings (SSSR count). The van der Waals surface area contributed by atoms with Gasteiger partial charge < -0.3 is 9.64 Å². The Morgan fingerprint density at radius 1 is 1.46 bits per heavy atom. The van der Waals surface area contributed by atoms with Crippen molar-refractivity contribution in [3.8, 4) is 11.9 Å². The largest absolute Gasteiger partial charge is 0.473 e. The van der Waals surface area contributed by atoms with Crippen LogP contribution >= 0.6 is 0 Å². The second-order valence-electron chi connectivity index (χ2n) is 5.89. The van der Waals surface area contributed by atoms with E-state index in [9.17, 15) is 4.79 Å². The number of pyridine rings is 1. The van der Waals surface area contributed by atoms with Crippen molar-refractivity contribution < 1.29 is 9.53 Å². The van der Waals surface area contributed by atoms with Gasteiger partial charge in [0.1, 0.15) is 17.9 Å². The first kappa shape index (κ1) is 18.0. The van der Waals surface area contributed by atoms with E-state index < -0.39 is 0 Å². The summed E-state index contributed by atoms with van der Waals surface area (Å²) in [4.78, 5) is 19.8. The lowest BCUT2D eigenvalue weighted by atomic mass is 10.1. The molecule has 0 aromatic carbocycles. The number of allylic oxidation sites excluding steroid dienone is 1. The molecule has 0 radical (unpaired) electrons. The molecule has 1 atom stereocenters. The zero-order chi connectivity index (χ0) is 17.4. The highest BCUT2D eigenvalue weighted by molar-refractivity contribution is 5.73. The van der Waals surface area contributed by atoms with Crippen LogP contribution in [0, 0.1) is 11.3 Å². The Hall–Kier alpha value is -2.39. The van der Waals surface area contributed by atoms with Gasteiger partial charge in [0.25, 0.3) is 0 Å². The molecule has 24 heavy (non-hydrogen) atoms. The van der Waals surface area contributed by atoms with Crippen molar-refractivity contribution in [2.75, 3.05) is 32.7 Å². The molecule has 1 aliphatic heterocycles. The van der Waals surface area contributed by atoms with Crippen molar-refractivity contribution in [1.29, 1.82) is 5.26 Å². The molecular weight excluding hydrogens is 304 g/mol. The highest BCUT2D eigenvalue weighted by Gasteiger charge is 2.22. The van der Waals surface area contributed by atoms with Gasteiger partial charge in [0, 0.05) is 45.7 Å².